The third kappa shape index (κ3) is 6.35. The molecule has 0 unspecified atom stereocenters. The SMILES string of the molecule is CCOc1ccc(OCC(=O)N(CCCN2CCOCC2)c2nc3c(Cl)cccc3s2)cc1. The number of anilines is 1. The number of nitrogens with zero attached hydrogens (tertiary/aromatic N) is 3. The van der Waals surface area contributed by atoms with E-state index in [4.69, 9.17) is 25.8 Å². The number of aromatic nitrogens is 1. The number of halogens is 1. The second kappa shape index (κ2) is 11.7. The molecule has 9 heteroatoms. The quantitative estimate of drug-likeness (QED) is 0.418. The van der Waals surface area contributed by atoms with E-state index in [1.807, 2.05) is 37.3 Å². The first-order chi connectivity index (χ1) is 16.1. The molecule has 7 nitrogen and oxygen atoms in total. The molecule has 3 aromatic rings. The monoisotopic (exact) mass is 489 g/mol. The molecule has 0 N–H and O–H groups in total. The van der Waals surface area contributed by atoms with Crippen molar-refractivity contribution in [2.45, 2.75) is 13.3 Å². The van der Waals surface area contributed by atoms with E-state index in [1.54, 1.807) is 17.0 Å². The Morgan fingerprint density at radius 3 is 2.58 bits per heavy atom. The minimum atomic E-state index is -0.138. The molecule has 0 atom stereocenters. The molecule has 1 fully saturated rings. The minimum Gasteiger partial charge on any atom is -0.494 e. The molecule has 2 aromatic carbocycles. The van der Waals surface area contributed by atoms with Gasteiger partial charge in [0.05, 0.1) is 29.5 Å². The number of amides is 1. The van der Waals surface area contributed by atoms with E-state index in [-0.39, 0.29) is 12.5 Å². The van der Waals surface area contributed by atoms with Crippen LogP contribution >= 0.6 is 22.9 Å². The molecule has 0 saturated carbocycles. The summed E-state index contributed by atoms with van der Waals surface area (Å²) in [4.78, 5) is 22.0. The van der Waals surface area contributed by atoms with E-state index in [1.165, 1.54) is 11.3 Å². The summed E-state index contributed by atoms with van der Waals surface area (Å²) in [6.45, 7) is 7.28. The van der Waals surface area contributed by atoms with Crippen molar-refractivity contribution >= 4 is 44.2 Å². The molecule has 1 amide bonds. The molecular weight excluding hydrogens is 462 g/mol. The zero-order valence-electron chi connectivity index (χ0n) is 18.7. The number of ether oxygens (including phenoxy) is 3. The summed E-state index contributed by atoms with van der Waals surface area (Å²) >= 11 is 7.79. The van der Waals surface area contributed by atoms with Crippen LogP contribution in [0.1, 0.15) is 13.3 Å². The van der Waals surface area contributed by atoms with E-state index in [9.17, 15) is 4.79 Å². The fourth-order valence-corrected chi connectivity index (χ4v) is 4.95. The largest absolute Gasteiger partial charge is 0.494 e. The van der Waals surface area contributed by atoms with E-state index < -0.39 is 0 Å². The lowest BCUT2D eigenvalue weighted by Gasteiger charge is -2.27. The van der Waals surface area contributed by atoms with E-state index in [0.717, 1.165) is 55.2 Å². The van der Waals surface area contributed by atoms with Gasteiger partial charge in [0.15, 0.2) is 11.7 Å². The predicted molar refractivity (Wildman–Crippen MR) is 132 cm³/mol. The lowest BCUT2D eigenvalue weighted by Crippen LogP contribution is -2.40. The summed E-state index contributed by atoms with van der Waals surface area (Å²) < 4.78 is 17.6. The van der Waals surface area contributed by atoms with Crippen molar-refractivity contribution in [3.63, 3.8) is 0 Å². The van der Waals surface area contributed by atoms with Gasteiger partial charge < -0.3 is 14.2 Å². The molecule has 4 rings (SSSR count). The average molecular weight is 490 g/mol. The highest BCUT2D eigenvalue weighted by molar-refractivity contribution is 7.22. The number of para-hydroxylation sites is 1. The maximum absolute atomic E-state index is 13.2. The molecule has 1 aliphatic rings. The fourth-order valence-electron chi connectivity index (χ4n) is 3.64. The molecule has 0 bridgehead atoms. The first-order valence-electron chi connectivity index (χ1n) is 11.1. The molecule has 176 valence electrons. The Morgan fingerprint density at radius 1 is 1.15 bits per heavy atom. The number of benzene rings is 2. The summed E-state index contributed by atoms with van der Waals surface area (Å²) in [5.74, 6) is 1.25. The van der Waals surface area contributed by atoms with Crippen molar-refractivity contribution in [3.05, 3.63) is 47.5 Å². The van der Waals surface area contributed by atoms with Crippen LogP contribution in [0.5, 0.6) is 11.5 Å². The Bertz CT molecular complexity index is 1050. The van der Waals surface area contributed by atoms with Crippen molar-refractivity contribution in [3.8, 4) is 11.5 Å². The Kier molecular flexibility index (Phi) is 8.39. The van der Waals surface area contributed by atoms with Crippen LogP contribution in [0.2, 0.25) is 5.02 Å². The number of carbonyl (C=O) groups is 1. The van der Waals surface area contributed by atoms with E-state index in [2.05, 4.69) is 9.88 Å². The highest BCUT2D eigenvalue weighted by atomic mass is 35.5. The van der Waals surface area contributed by atoms with Gasteiger partial charge in [0, 0.05) is 26.2 Å². The van der Waals surface area contributed by atoms with Crippen molar-refractivity contribution in [2.24, 2.45) is 0 Å². The van der Waals surface area contributed by atoms with Crippen LogP contribution in [0.3, 0.4) is 0 Å². The molecular formula is C24H28ClN3O4S. The van der Waals surface area contributed by atoms with Crippen molar-refractivity contribution < 1.29 is 19.0 Å². The number of hydrogen-bond acceptors (Lipinski definition) is 7. The van der Waals surface area contributed by atoms with Gasteiger partial charge in [-0.3, -0.25) is 14.6 Å². The molecule has 1 saturated heterocycles. The molecule has 1 aromatic heterocycles. The van der Waals surface area contributed by atoms with Crippen LogP contribution in [0, 0.1) is 0 Å². The van der Waals surface area contributed by atoms with Crippen LogP contribution < -0.4 is 14.4 Å². The standard InChI is InChI=1S/C24H28ClN3O4S/c1-2-31-18-7-9-19(10-8-18)32-17-22(29)28(12-4-11-27-13-15-30-16-14-27)24-26-23-20(25)5-3-6-21(23)33-24/h3,5-10H,2,4,11-17H2,1H3. The lowest BCUT2D eigenvalue weighted by molar-refractivity contribution is -0.120. The zero-order valence-corrected chi connectivity index (χ0v) is 20.2. The van der Waals surface area contributed by atoms with Crippen LogP contribution in [-0.4, -0.2) is 68.4 Å². The van der Waals surface area contributed by atoms with E-state index >= 15 is 0 Å². The second-order valence-electron chi connectivity index (χ2n) is 7.63. The molecule has 2 heterocycles. The number of rotatable bonds is 10. The van der Waals surface area contributed by atoms with E-state index in [0.29, 0.717) is 29.1 Å². The number of hydrogen-bond donors (Lipinski definition) is 0. The minimum absolute atomic E-state index is 0.0742. The summed E-state index contributed by atoms with van der Waals surface area (Å²) in [5.41, 5.74) is 0.720. The number of thiazole rings is 1. The van der Waals surface area contributed by atoms with Crippen LogP contribution in [-0.2, 0) is 9.53 Å². The summed E-state index contributed by atoms with van der Waals surface area (Å²) in [6, 6.07) is 12.9. The Labute approximate surface area is 202 Å². The summed E-state index contributed by atoms with van der Waals surface area (Å²) in [6.07, 6.45) is 0.832. The number of fused-ring (bicyclic) bond motifs is 1. The summed E-state index contributed by atoms with van der Waals surface area (Å²) in [7, 11) is 0. The normalized spacial score (nSPS) is 14.4. The highest BCUT2D eigenvalue weighted by Crippen LogP contribution is 2.33. The highest BCUT2D eigenvalue weighted by Gasteiger charge is 2.21. The van der Waals surface area contributed by atoms with Gasteiger partial charge >= 0.3 is 0 Å². The Hall–Kier alpha value is -2.39. The van der Waals surface area contributed by atoms with Crippen LogP contribution in [0.15, 0.2) is 42.5 Å². The van der Waals surface area contributed by atoms with Gasteiger partial charge in [0.1, 0.15) is 17.0 Å². The van der Waals surface area contributed by atoms with Crippen molar-refractivity contribution in [1.82, 2.24) is 9.88 Å². The van der Waals surface area contributed by atoms with Crippen molar-refractivity contribution in [1.29, 1.82) is 0 Å². The maximum atomic E-state index is 13.2. The maximum Gasteiger partial charge on any atom is 0.266 e. The molecule has 0 aliphatic carbocycles. The van der Waals surface area contributed by atoms with Crippen LogP contribution in [0.25, 0.3) is 10.2 Å². The van der Waals surface area contributed by atoms with Crippen molar-refractivity contribution in [2.75, 3.05) is 57.5 Å². The van der Waals surface area contributed by atoms with Crippen LogP contribution in [0.4, 0.5) is 5.13 Å². The zero-order chi connectivity index (χ0) is 23.0. The lowest BCUT2D eigenvalue weighted by atomic mass is 10.3. The van der Waals surface area contributed by atoms with Gasteiger partial charge in [-0.15, -0.1) is 0 Å². The van der Waals surface area contributed by atoms with Gasteiger partial charge in [-0.25, -0.2) is 4.98 Å². The molecule has 0 spiro atoms. The third-order valence-corrected chi connectivity index (χ3v) is 6.70. The number of carbonyl (C=O) groups excluding carboxylic acids is 1. The molecule has 33 heavy (non-hydrogen) atoms. The van der Waals surface area contributed by atoms with Gasteiger partial charge in [-0.2, -0.15) is 0 Å². The molecule has 0 radical (unpaired) electrons. The van der Waals surface area contributed by atoms with Gasteiger partial charge in [-0.05, 0) is 49.7 Å². The smallest absolute Gasteiger partial charge is 0.266 e. The first-order valence-corrected chi connectivity index (χ1v) is 12.3. The predicted octanol–water partition coefficient (Wildman–Crippen LogP) is 4.48. The average Bonchev–Trinajstić information content (AvgIpc) is 3.27. The Morgan fingerprint density at radius 2 is 1.88 bits per heavy atom. The fraction of sp³-hybridized carbons (Fsp3) is 0.417. The Balaban J connectivity index is 1.44. The van der Waals surface area contributed by atoms with Gasteiger partial charge in [-0.1, -0.05) is 29.0 Å². The molecule has 1 aliphatic heterocycles. The number of morpholine rings is 1. The first kappa shape index (κ1) is 23.8. The third-order valence-electron chi connectivity index (χ3n) is 5.35. The van der Waals surface area contributed by atoms with Gasteiger partial charge in [0.2, 0.25) is 0 Å². The van der Waals surface area contributed by atoms with Gasteiger partial charge in [0.25, 0.3) is 5.91 Å². The summed E-state index contributed by atoms with van der Waals surface area (Å²) in [5, 5.41) is 1.22. The topological polar surface area (TPSA) is 64.1 Å². The second-order valence-corrected chi connectivity index (χ2v) is 9.05.